The first kappa shape index (κ1) is 15.8. The van der Waals surface area contributed by atoms with E-state index >= 15 is 0 Å². The summed E-state index contributed by atoms with van der Waals surface area (Å²) in [7, 11) is -3.49. The largest absolute Gasteiger partial charge is 0.481 e. The van der Waals surface area contributed by atoms with Gasteiger partial charge in [0.1, 0.15) is 4.21 Å². The molecule has 0 amide bonds. The molecule has 1 aliphatic heterocycles. The Bertz CT molecular complexity index is 584. The van der Waals surface area contributed by atoms with Crippen molar-refractivity contribution in [1.82, 2.24) is 4.31 Å². The molecule has 8 heteroatoms. The molecule has 2 rings (SSSR count). The average molecular weight is 338 g/mol. The van der Waals surface area contributed by atoms with Crippen LogP contribution in [0.2, 0.25) is 4.34 Å². The number of carboxylic acids is 1. The van der Waals surface area contributed by atoms with E-state index in [9.17, 15) is 13.2 Å². The summed E-state index contributed by atoms with van der Waals surface area (Å²) in [6.07, 6.45) is 2.25. The number of carbonyl (C=O) groups is 1. The molecule has 0 aromatic carbocycles. The third-order valence-corrected chi connectivity index (χ3v) is 6.95. The van der Waals surface area contributed by atoms with Gasteiger partial charge in [-0.1, -0.05) is 11.6 Å². The van der Waals surface area contributed by atoms with Crippen molar-refractivity contribution < 1.29 is 18.3 Å². The van der Waals surface area contributed by atoms with Gasteiger partial charge in [0.2, 0.25) is 0 Å². The lowest BCUT2D eigenvalue weighted by Crippen LogP contribution is -2.39. The highest BCUT2D eigenvalue weighted by atomic mass is 35.5. The van der Waals surface area contributed by atoms with Crippen molar-refractivity contribution in [3.05, 3.63) is 16.5 Å². The molecule has 1 saturated heterocycles. The molecular formula is C12H16ClNO4S2. The van der Waals surface area contributed by atoms with Gasteiger partial charge in [-0.25, -0.2) is 8.42 Å². The van der Waals surface area contributed by atoms with Crippen LogP contribution in [0.25, 0.3) is 0 Å². The van der Waals surface area contributed by atoms with Crippen LogP contribution < -0.4 is 0 Å². The highest BCUT2D eigenvalue weighted by Gasteiger charge is 2.31. The van der Waals surface area contributed by atoms with E-state index in [-0.39, 0.29) is 16.5 Å². The maximum absolute atomic E-state index is 12.4. The monoisotopic (exact) mass is 337 g/mol. The summed E-state index contributed by atoms with van der Waals surface area (Å²) in [5.74, 6) is -0.722. The average Bonchev–Trinajstić information content (AvgIpc) is 2.84. The summed E-state index contributed by atoms with van der Waals surface area (Å²) in [5, 5.41) is 8.71. The van der Waals surface area contributed by atoms with E-state index in [0.29, 0.717) is 23.8 Å². The summed E-state index contributed by atoms with van der Waals surface area (Å²) in [5.41, 5.74) is 0. The Morgan fingerprint density at radius 3 is 2.85 bits per heavy atom. The van der Waals surface area contributed by atoms with E-state index in [1.807, 2.05) is 0 Å². The normalized spacial score (nSPS) is 20.9. The summed E-state index contributed by atoms with van der Waals surface area (Å²) in [4.78, 5) is 10.6. The Morgan fingerprint density at radius 2 is 2.25 bits per heavy atom. The van der Waals surface area contributed by atoms with E-state index in [1.165, 1.54) is 10.4 Å². The molecule has 0 radical (unpaired) electrons. The molecule has 0 aliphatic carbocycles. The van der Waals surface area contributed by atoms with Gasteiger partial charge in [-0.2, -0.15) is 4.31 Å². The number of rotatable bonds is 5. The SMILES string of the molecule is O=C(O)CCC1CCCN(S(=O)(=O)c2ccc(Cl)s2)C1. The second kappa shape index (κ2) is 6.43. The van der Waals surface area contributed by atoms with Gasteiger partial charge in [-0.15, -0.1) is 11.3 Å². The number of nitrogens with zero attached hydrogens (tertiary/aromatic N) is 1. The molecule has 1 aromatic rings. The Hall–Kier alpha value is -0.630. The molecule has 1 fully saturated rings. The molecule has 20 heavy (non-hydrogen) atoms. The minimum absolute atomic E-state index is 0.0867. The van der Waals surface area contributed by atoms with Gasteiger partial charge >= 0.3 is 5.97 Å². The van der Waals surface area contributed by atoms with Crippen molar-refractivity contribution in [2.24, 2.45) is 5.92 Å². The standard InChI is InChI=1S/C12H16ClNO4S2/c13-10-4-6-12(19-10)20(17,18)14-7-1-2-9(8-14)3-5-11(15)16/h4,6,9H,1-3,5,7-8H2,(H,15,16). The summed E-state index contributed by atoms with van der Waals surface area (Å²) in [6.45, 7) is 0.882. The second-order valence-corrected chi connectivity index (χ2v) is 8.74. The molecule has 112 valence electrons. The van der Waals surface area contributed by atoms with E-state index in [2.05, 4.69) is 0 Å². The van der Waals surface area contributed by atoms with Gasteiger partial charge in [0, 0.05) is 19.5 Å². The number of piperidine rings is 1. The van der Waals surface area contributed by atoms with Crippen LogP contribution in [0.4, 0.5) is 0 Å². The Balaban J connectivity index is 2.06. The fraction of sp³-hybridized carbons (Fsp3) is 0.583. The Morgan fingerprint density at radius 1 is 1.50 bits per heavy atom. The molecule has 1 N–H and O–H groups in total. The van der Waals surface area contributed by atoms with Crippen molar-refractivity contribution in [2.45, 2.75) is 29.9 Å². The lowest BCUT2D eigenvalue weighted by Gasteiger charge is -2.31. The van der Waals surface area contributed by atoms with Crippen LogP contribution in [0, 0.1) is 5.92 Å². The molecule has 5 nitrogen and oxygen atoms in total. The Labute approximate surface area is 127 Å². The van der Waals surface area contributed by atoms with E-state index < -0.39 is 16.0 Å². The third kappa shape index (κ3) is 3.72. The lowest BCUT2D eigenvalue weighted by molar-refractivity contribution is -0.137. The predicted octanol–water partition coefficient (Wildman–Crippen LogP) is 2.67. The fourth-order valence-electron chi connectivity index (χ4n) is 2.37. The highest BCUT2D eigenvalue weighted by Crippen LogP contribution is 2.31. The van der Waals surface area contributed by atoms with Gasteiger partial charge in [-0.05, 0) is 37.3 Å². The van der Waals surface area contributed by atoms with Gasteiger partial charge in [-0.3, -0.25) is 4.79 Å². The van der Waals surface area contributed by atoms with Gasteiger partial charge < -0.3 is 5.11 Å². The van der Waals surface area contributed by atoms with Gasteiger partial charge in [0.25, 0.3) is 10.0 Å². The predicted molar refractivity (Wildman–Crippen MR) is 77.7 cm³/mol. The minimum atomic E-state index is -3.49. The first-order valence-corrected chi connectivity index (χ1v) is 9.00. The topological polar surface area (TPSA) is 74.7 Å². The molecular weight excluding hydrogens is 322 g/mol. The van der Waals surface area contributed by atoms with Crippen LogP contribution in [0.1, 0.15) is 25.7 Å². The molecule has 0 saturated carbocycles. The fourth-order valence-corrected chi connectivity index (χ4v) is 5.56. The second-order valence-electron chi connectivity index (χ2n) is 4.86. The van der Waals surface area contributed by atoms with Crippen LogP contribution in [0.3, 0.4) is 0 Å². The van der Waals surface area contributed by atoms with Crippen LogP contribution in [-0.4, -0.2) is 36.9 Å². The van der Waals surface area contributed by atoms with E-state index in [1.54, 1.807) is 6.07 Å². The zero-order valence-electron chi connectivity index (χ0n) is 10.8. The van der Waals surface area contributed by atoms with Crippen LogP contribution in [-0.2, 0) is 14.8 Å². The van der Waals surface area contributed by atoms with Crippen LogP contribution in [0.15, 0.2) is 16.3 Å². The molecule has 0 bridgehead atoms. The van der Waals surface area contributed by atoms with Crippen molar-refractivity contribution in [1.29, 1.82) is 0 Å². The number of hydrogen-bond acceptors (Lipinski definition) is 4. The van der Waals surface area contributed by atoms with Gasteiger partial charge in [0.15, 0.2) is 0 Å². The first-order chi connectivity index (χ1) is 9.39. The lowest BCUT2D eigenvalue weighted by atomic mass is 9.95. The maximum Gasteiger partial charge on any atom is 0.303 e. The van der Waals surface area contributed by atoms with Crippen molar-refractivity contribution in [3.8, 4) is 0 Å². The molecule has 0 spiro atoms. The molecule has 2 heterocycles. The number of sulfonamides is 1. The molecule has 1 aliphatic rings. The van der Waals surface area contributed by atoms with E-state index in [4.69, 9.17) is 16.7 Å². The van der Waals surface area contributed by atoms with Crippen molar-refractivity contribution in [2.75, 3.05) is 13.1 Å². The highest BCUT2D eigenvalue weighted by molar-refractivity contribution is 7.91. The minimum Gasteiger partial charge on any atom is -0.481 e. The molecule has 1 unspecified atom stereocenters. The number of thiophene rings is 1. The van der Waals surface area contributed by atoms with Crippen molar-refractivity contribution >= 4 is 38.9 Å². The molecule has 1 atom stereocenters. The molecule has 1 aromatic heterocycles. The quantitative estimate of drug-likeness (QED) is 0.896. The van der Waals surface area contributed by atoms with Crippen LogP contribution in [0.5, 0.6) is 0 Å². The smallest absolute Gasteiger partial charge is 0.303 e. The zero-order chi connectivity index (χ0) is 14.8. The third-order valence-electron chi connectivity index (χ3n) is 3.39. The number of halogens is 1. The summed E-state index contributed by atoms with van der Waals surface area (Å²) < 4.78 is 27.0. The van der Waals surface area contributed by atoms with Crippen LogP contribution >= 0.6 is 22.9 Å². The van der Waals surface area contributed by atoms with Gasteiger partial charge in [0.05, 0.1) is 4.34 Å². The Kier molecular flexibility index (Phi) is 5.06. The van der Waals surface area contributed by atoms with Crippen molar-refractivity contribution in [3.63, 3.8) is 0 Å². The number of hydrogen-bond donors (Lipinski definition) is 1. The van der Waals surface area contributed by atoms with E-state index in [0.717, 1.165) is 24.2 Å². The first-order valence-electron chi connectivity index (χ1n) is 6.37. The summed E-state index contributed by atoms with van der Waals surface area (Å²) >= 11 is 6.84. The number of carboxylic acid groups (broad SMARTS) is 1. The number of aliphatic carboxylic acids is 1. The maximum atomic E-state index is 12.4. The zero-order valence-corrected chi connectivity index (χ0v) is 13.2. The summed E-state index contributed by atoms with van der Waals surface area (Å²) in [6, 6.07) is 3.09.